The minimum Gasteiger partial charge on any atom is -0.480 e. The van der Waals surface area contributed by atoms with Crippen LogP contribution in [0.5, 0.6) is 0 Å². The molecule has 0 aliphatic carbocycles. The van der Waals surface area contributed by atoms with E-state index in [9.17, 15) is 14.0 Å². The second kappa shape index (κ2) is 5.64. The van der Waals surface area contributed by atoms with Crippen LogP contribution in [0.25, 0.3) is 6.08 Å². The van der Waals surface area contributed by atoms with Crippen LogP contribution in [-0.4, -0.2) is 34.2 Å². The van der Waals surface area contributed by atoms with Crippen LogP contribution in [-0.2, 0) is 9.59 Å². The zero-order valence-corrected chi connectivity index (χ0v) is 10.8. The van der Waals surface area contributed by atoms with Gasteiger partial charge in [-0.15, -0.1) is 0 Å². The van der Waals surface area contributed by atoms with Crippen LogP contribution in [0.3, 0.4) is 0 Å². The molecule has 0 spiro atoms. The molecule has 1 aliphatic heterocycles. The van der Waals surface area contributed by atoms with Crippen LogP contribution < -0.4 is 0 Å². The number of halogens is 1. The van der Waals surface area contributed by atoms with E-state index in [-0.39, 0.29) is 18.1 Å². The van der Waals surface area contributed by atoms with Crippen molar-refractivity contribution in [3.05, 3.63) is 41.2 Å². The molecule has 1 heterocycles. The van der Waals surface area contributed by atoms with Crippen molar-refractivity contribution in [1.82, 2.24) is 5.01 Å². The molecule has 6 heteroatoms. The Kier molecular flexibility index (Phi) is 3.93. The Balaban J connectivity index is 2.24. The largest absolute Gasteiger partial charge is 0.480 e. The van der Waals surface area contributed by atoms with Crippen molar-refractivity contribution in [1.29, 1.82) is 0 Å². The third-order valence-electron chi connectivity index (χ3n) is 2.86. The normalized spacial score (nSPS) is 17.3. The quantitative estimate of drug-likeness (QED) is 0.916. The summed E-state index contributed by atoms with van der Waals surface area (Å²) in [5.74, 6) is -1.81. The van der Waals surface area contributed by atoms with Crippen molar-refractivity contribution < 1.29 is 19.1 Å². The predicted octanol–water partition coefficient (Wildman–Crippen LogP) is 1.90. The summed E-state index contributed by atoms with van der Waals surface area (Å²) in [6, 6.07) is 5.87. The summed E-state index contributed by atoms with van der Waals surface area (Å²) < 4.78 is 12.8. The predicted molar refractivity (Wildman–Crippen MR) is 71.5 cm³/mol. The topological polar surface area (TPSA) is 70.0 Å². The Bertz CT molecular complexity index is 605. The Morgan fingerprint density at radius 3 is 2.70 bits per heavy atom. The highest BCUT2D eigenvalue weighted by Crippen LogP contribution is 2.18. The number of aliphatic carboxylic acids is 1. The van der Waals surface area contributed by atoms with Crippen LogP contribution in [0.4, 0.5) is 4.39 Å². The number of amides is 1. The van der Waals surface area contributed by atoms with Gasteiger partial charge in [0.15, 0.2) is 0 Å². The van der Waals surface area contributed by atoms with E-state index in [1.807, 2.05) is 0 Å². The second-order valence-corrected chi connectivity index (χ2v) is 4.43. The molecule has 0 unspecified atom stereocenters. The lowest BCUT2D eigenvalue weighted by Crippen LogP contribution is -2.35. The zero-order valence-electron chi connectivity index (χ0n) is 10.8. The van der Waals surface area contributed by atoms with Gasteiger partial charge in [0, 0.05) is 0 Å². The molecule has 1 amide bonds. The second-order valence-electron chi connectivity index (χ2n) is 4.43. The third kappa shape index (κ3) is 3.28. The van der Waals surface area contributed by atoms with E-state index >= 15 is 0 Å². The number of carbonyl (C=O) groups excluding carboxylic acids is 1. The molecule has 0 radical (unpaired) electrons. The highest BCUT2D eigenvalue weighted by Gasteiger charge is 2.23. The van der Waals surface area contributed by atoms with E-state index in [2.05, 4.69) is 5.10 Å². The zero-order chi connectivity index (χ0) is 14.7. The number of nitrogens with zero attached hydrogens (tertiary/aromatic N) is 2. The number of carbonyl (C=O) groups is 2. The van der Waals surface area contributed by atoms with Gasteiger partial charge in [-0.3, -0.25) is 9.59 Å². The number of benzene rings is 1. The minimum absolute atomic E-state index is 0.0833. The lowest BCUT2D eigenvalue weighted by atomic mass is 10.0. The molecule has 0 saturated carbocycles. The van der Waals surface area contributed by atoms with E-state index in [0.29, 0.717) is 11.3 Å². The fourth-order valence-electron chi connectivity index (χ4n) is 1.85. The highest BCUT2D eigenvalue weighted by molar-refractivity contribution is 6.08. The third-order valence-corrected chi connectivity index (χ3v) is 2.86. The van der Waals surface area contributed by atoms with E-state index < -0.39 is 12.5 Å². The molecule has 0 atom stereocenters. The summed E-state index contributed by atoms with van der Waals surface area (Å²) in [4.78, 5) is 22.4. The standard InChI is InChI=1S/C14H13FN2O3/c1-9-11(6-10-2-4-12(15)5-3-10)7-13(18)17(16-9)8-14(19)20/h2-6H,7-8H2,1H3,(H,19,20)/b11-6+. The maximum absolute atomic E-state index is 12.8. The number of hydrogen-bond donors (Lipinski definition) is 1. The van der Waals surface area contributed by atoms with Gasteiger partial charge in [0.1, 0.15) is 12.4 Å². The first kappa shape index (κ1) is 13.9. The van der Waals surface area contributed by atoms with Gasteiger partial charge in [-0.2, -0.15) is 5.10 Å². The summed E-state index contributed by atoms with van der Waals surface area (Å²) >= 11 is 0. The molecule has 104 valence electrons. The molecular formula is C14H13FN2O3. The summed E-state index contributed by atoms with van der Waals surface area (Å²) in [7, 11) is 0. The van der Waals surface area contributed by atoms with Crippen LogP contribution in [0.1, 0.15) is 18.9 Å². The molecule has 0 fully saturated rings. The maximum atomic E-state index is 12.8. The fourth-order valence-corrected chi connectivity index (χ4v) is 1.85. The molecular weight excluding hydrogens is 263 g/mol. The van der Waals surface area contributed by atoms with Crippen molar-refractivity contribution in [3.63, 3.8) is 0 Å². The van der Waals surface area contributed by atoms with Crippen molar-refractivity contribution in [2.45, 2.75) is 13.3 Å². The minimum atomic E-state index is -1.11. The molecule has 5 nitrogen and oxygen atoms in total. The van der Waals surface area contributed by atoms with Crippen LogP contribution in [0.15, 0.2) is 34.9 Å². The first-order chi connectivity index (χ1) is 9.45. The number of hydrogen-bond acceptors (Lipinski definition) is 3. The molecule has 20 heavy (non-hydrogen) atoms. The summed E-state index contributed by atoms with van der Waals surface area (Å²) in [6.07, 6.45) is 1.83. The Morgan fingerprint density at radius 2 is 2.10 bits per heavy atom. The molecule has 1 aliphatic rings. The number of rotatable bonds is 3. The van der Waals surface area contributed by atoms with Gasteiger partial charge in [0.25, 0.3) is 0 Å². The van der Waals surface area contributed by atoms with Gasteiger partial charge in [-0.05, 0) is 36.3 Å². The van der Waals surface area contributed by atoms with Crippen molar-refractivity contribution in [3.8, 4) is 0 Å². The molecule has 1 N–H and O–H groups in total. The lowest BCUT2D eigenvalue weighted by Gasteiger charge is -2.22. The van der Waals surface area contributed by atoms with Crippen molar-refractivity contribution in [2.75, 3.05) is 6.54 Å². The summed E-state index contributed by atoms with van der Waals surface area (Å²) in [6.45, 7) is 1.26. The van der Waals surface area contributed by atoms with E-state index in [1.54, 1.807) is 25.1 Å². The smallest absolute Gasteiger partial charge is 0.325 e. The fraction of sp³-hybridized carbons (Fsp3) is 0.214. The first-order valence-electron chi connectivity index (χ1n) is 5.99. The Hall–Kier alpha value is -2.50. The summed E-state index contributed by atoms with van der Waals surface area (Å²) in [5.41, 5.74) is 2.04. The van der Waals surface area contributed by atoms with E-state index in [4.69, 9.17) is 5.11 Å². The van der Waals surface area contributed by atoms with Crippen molar-refractivity contribution >= 4 is 23.7 Å². The average molecular weight is 276 g/mol. The SMILES string of the molecule is CC1=NN(CC(=O)O)C(=O)C/C1=C\c1ccc(F)cc1. The first-order valence-corrected chi connectivity index (χ1v) is 5.99. The van der Waals surface area contributed by atoms with Crippen LogP contribution in [0, 0.1) is 5.82 Å². The van der Waals surface area contributed by atoms with Crippen LogP contribution in [0.2, 0.25) is 0 Å². The van der Waals surface area contributed by atoms with E-state index in [1.165, 1.54) is 12.1 Å². The molecule has 0 saturated heterocycles. The number of carboxylic acids is 1. The molecule has 2 rings (SSSR count). The molecule has 0 aromatic heterocycles. The van der Waals surface area contributed by atoms with Gasteiger partial charge in [0.05, 0.1) is 12.1 Å². The molecule has 1 aromatic carbocycles. The van der Waals surface area contributed by atoms with E-state index in [0.717, 1.165) is 10.6 Å². The van der Waals surface area contributed by atoms with Crippen LogP contribution >= 0.6 is 0 Å². The van der Waals surface area contributed by atoms with Crippen molar-refractivity contribution in [2.24, 2.45) is 5.10 Å². The number of carboxylic acid groups (broad SMARTS) is 1. The Morgan fingerprint density at radius 1 is 1.45 bits per heavy atom. The monoisotopic (exact) mass is 276 g/mol. The maximum Gasteiger partial charge on any atom is 0.325 e. The van der Waals surface area contributed by atoms with Gasteiger partial charge < -0.3 is 5.11 Å². The van der Waals surface area contributed by atoms with Gasteiger partial charge >= 0.3 is 5.97 Å². The average Bonchev–Trinajstić information content (AvgIpc) is 2.37. The van der Waals surface area contributed by atoms with Gasteiger partial charge in [0.2, 0.25) is 5.91 Å². The molecule has 1 aromatic rings. The van der Waals surface area contributed by atoms with Gasteiger partial charge in [-0.1, -0.05) is 12.1 Å². The van der Waals surface area contributed by atoms with Gasteiger partial charge in [-0.25, -0.2) is 9.40 Å². The summed E-state index contributed by atoms with van der Waals surface area (Å²) in [5, 5.41) is 13.6. The number of hydrazone groups is 1. The molecule has 0 bridgehead atoms. The lowest BCUT2D eigenvalue weighted by molar-refractivity contribution is -0.144. The highest BCUT2D eigenvalue weighted by atomic mass is 19.1. The Labute approximate surface area is 115 Å².